The highest BCUT2D eigenvalue weighted by atomic mass is 32.2. The van der Waals surface area contributed by atoms with Crippen LogP contribution in [0.2, 0.25) is 0 Å². The third kappa shape index (κ3) is 3.63. The van der Waals surface area contributed by atoms with Gasteiger partial charge in [-0.15, -0.1) is 0 Å². The van der Waals surface area contributed by atoms with E-state index < -0.39 is 20.2 Å². The van der Waals surface area contributed by atoms with Crippen LogP contribution in [0.1, 0.15) is 19.8 Å². The molecule has 0 saturated carbocycles. The van der Waals surface area contributed by atoms with Gasteiger partial charge in [-0.3, -0.25) is 0 Å². The summed E-state index contributed by atoms with van der Waals surface area (Å²) in [4.78, 5) is -0.761. The minimum atomic E-state index is -5.37. The summed E-state index contributed by atoms with van der Waals surface area (Å²) in [5.41, 5.74) is 0.0436. The van der Waals surface area contributed by atoms with Crippen molar-refractivity contribution in [2.24, 2.45) is 5.73 Å². The molecule has 0 aliphatic rings. The van der Waals surface area contributed by atoms with Gasteiger partial charge in [0.25, 0.3) is 9.84 Å². The topological polar surface area (TPSA) is 72.2 Å². The van der Waals surface area contributed by atoms with Crippen LogP contribution in [0.5, 0.6) is 0 Å². The fourth-order valence-electron chi connectivity index (χ4n) is 1.74. The van der Waals surface area contributed by atoms with Gasteiger partial charge >= 0.3 is 5.51 Å². The molecule has 0 aliphatic carbocycles. The molecule has 0 fully saturated rings. The zero-order chi connectivity index (χ0) is 15.4. The van der Waals surface area contributed by atoms with Crippen molar-refractivity contribution < 1.29 is 21.6 Å². The lowest BCUT2D eigenvalue weighted by Crippen LogP contribution is -2.27. The Kier molecular flexibility index (Phi) is 5.41. The van der Waals surface area contributed by atoms with Crippen LogP contribution >= 0.6 is 0 Å². The quantitative estimate of drug-likeness (QED) is 0.847. The molecule has 20 heavy (non-hydrogen) atoms. The van der Waals surface area contributed by atoms with Crippen molar-refractivity contribution in [1.82, 2.24) is 0 Å². The SMILES string of the molecule is CCC(CCN)Nc1ccccc1S(=O)(=O)C(F)(F)F. The molecule has 3 N–H and O–H groups in total. The first-order valence-corrected chi connectivity index (χ1v) is 7.59. The maximum atomic E-state index is 12.6. The van der Waals surface area contributed by atoms with Crippen molar-refractivity contribution in [2.45, 2.75) is 36.2 Å². The minimum Gasteiger partial charge on any atom is -0.381 e. The van der Waals surface area contributed by atoms with Crippen molar-refractivity contribution in [1.29, 1.82) is 0 Å². The average molecular weight is 310 g/mol. The van der Waals surface area contributed by atoms with Gasteiger partial charge in [0.2, 0.25) is 0 Å². The Morgan fingerprint density at radius 3 is 2.40 bits per heavy atom. The molecule has 8 heteroatoms. The molecule has 0 radical (unpaired) electrons. The lowest BCUT2D eigenvalue weighted by Gasteiger charge is -2.20. The van der Waals surface area contributed by atoms with Crippen LogP contribution in [0.15, 0.2) is 29.2 Å². The molecule has 4 nitrogen and oxygen atoms in total. The predicted octanol–water partition coefficient (Wildman–Crippen LogP) is 2.52. The molecule has 1 atom stereocenters. The van der Waals surface area contributed by atoms with Crippen LogP contribution < -0.4 is 11.1 Å². The third-order valence-corrected chi connectivity index (χ3v) is 4.39. The van der Waals surface area contributed by atoms with E-state index in [1.54, 1.807) is 0 Å². The Bertz CT molecular complexity index is 544. The van der Waals surface area contributed by atoms with E-state index >= 15 is 0 Å². The van der Waals surface area contributed by atoms with Gasteiger partial charge in [-0.25, -0.2) is 8.42 Å². The molecule has 1 rings (SSSR count). The normalized spacial score (nSPS) is 14.1. The Morgan fingerprint density at radius 1 is 1.30 bits per heavy atom. The van der Waals surface area contributed by atoms with Gasteiger partial charge in [0.1, 0.15) is 0 Å². The van der Waals surface area contributed by atoms with Crippen molar-refractivity contribution in [3.8, 4) is 0 Å². The summed E-state index contributed by atoms with van der Waals surface area (Å²) >= 11 is 0. The summed E-state index contributed by atoms with van der Waals surface area (Å²) in [6, 6.07) is 4.82. The van der Waals surface area contributed by atoms with Gasteiger partial charge in [0, 0.05) is 6.04 Å². The molecule has 0 spiro atoms. The number of rotatable bonds is 6. The molecule has 0 heterocycles. The van der Waals surface area contributed by atoms with E-state index in [-0.39, 0.29) is 11.7 Å². The van der Waals surface area contributed by atoms with E-state index in [1.165, 1.54) is 18.2 Å². The molecule has 0 saturated heterocycles. The molecule has 0 amide bonds. The molecule has 1 unspecified atom stereocenters. The molecule has 0 aliphatic heterocycles. The van der Waals surface area contributed by atoms with Crippen LogP contribution in [0.4, 0.5) is 18.9 Å². The third-order valence-electron chi connectivity index (χ3n) is 2.85. The fourth-order valence-corrected chi connectivity index (χ4v) is 2.67. The molecule has 0 aromatic heterocycles. The zero-order valence-electron chi connectivity index (χ0n) is 10.9. The predicted molar refractivity (Wildman–Crippen MR) is 71.1 cm³/mol. The number of benzene rings is 1. The highest BCUT2D eigenvalue weighted by Crippen LogP contribution is 2.34. The summed E-state index contributed by atoms with van der Waals surface area (Å²) < 4.78 is 60.9. The van der Waals surface area contributed by atoms with E-state index in [4.69, 9.17) is 5.73 Å². The first kappa shape index (κ1) is 16.8. The van der Waals surface area contributed by atoms with Crippen molar-refractivity contribution >= 4 is 15.5 Å². The molecular formula is C12H17F3N2O2S. The van der Waals surface area contributed by atoms with Gasteiger partial charge in [0.05, 0.1) is 10.6 Å². The van der Waals surface area contributed by atoms with Crippen molar-refractivity contribution in [3.05, 3.63) is 24.3 Å². The largest absolute Gasteiger partial charge is 0.501 e. The number of nitrogens with one attached hydrogen (secondary N) is 1. The smallest absolute Gasteiger partial charge is 0.381 e. The van der Waals surface area contributed by atoms with E-state index in [2.05, 4.69) is 5.32 Å². The summed E-state index contributed by atoms with van der Waals surface area (Å²) in [6.45, 7) is 2.20. The fraction of sp³-hybridized carbons (Fsp3) is 0.500. The Labute approximate surface area is 116 Å². The van der Waals surface area contributed by atoms with E-state index in [0.29, 0.717) is 19.4 Å². The second kappa shape index (κ2) is 6.45. The average Bonchev–Trinajstić information content (AvgIpc) is 2.37. The number of hydrogen-bond donors (Lipinski definition) is 2. The summed E-state index contributed by atoms with van der Waals surface area (Å²) in [6.07, 6.45) is 1.16. The van der Waals surface area contributed by atoms with Gasteiger partial charge in [-0.2, -0.15) is 13.2 Å². The molecular weight excluding hydrogens is 293 g/mol. The Balaban J connectivity index is 3.18. The summed E-state index contributed by atoms with van der Waals surface area (Å²) in [5, 5.41) is 2.82. The highest BCUT2D eigenvalue weighted by Gasteiger charge is 2.47. The van der Waals surface area contributed by atoms with Crippen LogP contribution in [-0.2, 0) is 9.84 Å². The molecule has 1 aromatic rings. The van der Waals surface area contributed by atoms with Crippen LogP contribution in [0.25, 0.3) is 0 Å². The maximum Gasteiger partial charge on any atom is 0.501 e. The van der Waals surface area contributed by atoms with Crippen LogP contribution in [0.3, 0.4) is 0 Å². The lowest BCUT2D eigenvalue weighted by molar-refractivity contribution is -0.0435. The van der Waals surface area contributed by atoms with Crippen molar-refractivity contribution in [2.75, 3.05) is 11.9 Å². The molecule has 0 bridgehead atoms. The lowest BCUT2D eigenvalue weighted by atomic mass is 10.1. The summed E-state index contributed by atoms with van der Waals surface area (Å²) in [5.74, 6) is 0. The number of anilines is 1. The zero-order valence-corrected chi connectivity index (χ0v) is 11.8. The minimum absolute atomic E-state index is 0.0508. The van der Waals surface area contributed by atoms with Gasteiger partial charge in [-0.1, -0.05) is 19.1 Å². The van der Waals surface area contributed by atoms with E-state index in [9.17, 15) is 21.6 Å². The van der Waals surface area contributed by atoms with Gasteiger partial charge < -0.3 is 11.1 Å². The second-order valence-corrected chi connectivity index (χ2v) is 6.18. The maximum absolute atomic E-state index is 12.6. The monoisotopic (exact) mass is 310 g/mol. The van der Waals surface area contributed by atoms with Crippen molar-refractivity contribution in [3.63, 3.8) is 0 Å². The second-order valence-electron chi connectivity index (χ2n) is 4.27. The van der Waals surface area contributed by atoms with Gasteiger partial charge in [0.15, 0.2) is 0 Å². The number of para-hydroxylation sites is 1. The standard InChI is InChI=1S/C12H17F3N2O2S/c1-2-9(7-8-16)17-10-5-3-4-6-11(10)20(18,19)12(13,14)15/h3-6,9,17H,2,7-8,16H2,1H3. The molecule has 1 aromatic carbocycles. The van der Waals surface area contributed by atoms with Gasteiger partial charge in [-0.05, 0) is 31.5 Å². The Hall–Kier alpha value is -1.28. The number of alkyl halides is 3. The number of hydrogen-bond acceptors (Lipinski definition) is 4. The van der Waals surface area contributed by atoms with E-state index in [0.717, 1.165) is 6.07 Å². The summed E-state index contributed by atoms with van der Waals surface area (Å²) in [7, 11) is -5.37. The number of sulfone groups is 1. The molecule has 114 valence electrons. The van der Waals surface area contributed by atoms with Crippen LogP contribution in [0, 0.1) is 0 Å². The number of halogens is 3. The highest BCUT2D eigenvalue weighted by molar-refractivity contribution is 7.92. The Morgan fingerprint density at radius 2 is 1.90 bits per heavy atom. The van der Waals surface area contributed by atoms with E-state index in [1.807, 2.05) is 6.92 Å². The number of nitrogens with two attached hydrogens (primary N) is 1. The first-order valence-electron chi connectivity index (χ1n) is 6.11. The van der Waals surface area contributed by atoms with Crippen LogP contribution in [-0.4, -0.2) is 26.5 Å². The first-order chi connectivity index (χ1) is 9.24.